The lowest BCUT2D eigenvalue weighted by molar-refractivity contribution is -0.121. The van der Waals surface area contributed by atoms with Crippen molar-refractivity contribution < 1.29 is 4.79 Å². The highest BCUT2D eigenvalue weighted by molar-refractivity contribution is 8.01. The maximum absolute atomic E-state index is 11.9. The van der Waals surface area contributed by atoms with Gasteiger partial charge in [0, 0.05) is 6.04 Å². The zero-order valence-corrected chi connectivity index (χ0v) is 11.1. The van der Waals surface area contributed by atoms with Gasteiger partial charge in [-0.1, -0.05) is 27.7 Å². The van der Waals surface area contributed by atoms with Crippen LogP contribution >= 0.6 is 11.8 Å². The van der Waals surface area contributed by atoms with Gasteiger partial charge in [0.1, 0.15) is 0 Å². The standard InChI is InChI=1S/C12H23NOS/c1-8(2)7-11(15-9(3)4)12(14)13-10-5-6-10/h8-11H,5-7H2,1-4H3,(H,13,14). The van der Waals surface area contributed by atoms with Gasteiger partial charge in [-0.2, -0.15) is 0 Å². The lowest BCUT2D eigenvalue weighted by Crippen LogP contribution is -2.35. The van der Waals surface area contributed by atoms with E-state index in [0.717, 1.165) is 6.42 Å². The summed E-state index contributed by atoms with van der Waals surface area (Å²) in [5.74, 6) is 0.844. The molecule has 1 amide bonds. The zero-order valence-electron chi connectivity index (χ0n) is 10.2. The molecular formula is C12H23NOS. The van der Waals surface area contributed by atoms with E-state index in [2.05, 4.69) is 33.0 Å². The summed E-state index contributed by atoms with van der Waals surface area (Å²) in [7, 11) is 0. The van der Waals surface area contributed by atoms with Crippen molar-refractivity contribution in [2.24, 2.45) is 5.92 Å². The van der Waals surface area contributed by atoms with E-state index in [4.69, 9.17) is 0 Å². The molecule has 0 spiro atoms. The smallest absolute Gasteiger partial charge is 0.233 e. The van der Waals surface area contributed by atoms with Crippen LogP contribution in [0.15, 0.2) is 0 Å². The Balaban J connectivity index is 2.40. The van der Waals surface area contributed by atoms with E-state index in [1.165, 1.54) is 12.8 Å². The van der Waals surface area contributed by atoms with E-state index in [1.54, 1.807) is 11.8 Å². The van der Waals surface area contributed by atoms with E-state index in [0.29, 0.717) is 17.2 Å². The first-order valence-electron chi connectivity index (χ1n) is 5.95. The minimum Gasteiger partial charge on any atom is -0.352 e. The first-order chi connectivity index (χ1) is 6.99. The molecule has 0 aromatic carbocycles. The molecule has 0 aliphatic heterocycles. The third-order valence-corrected chi connectivity index (χ3v) is 3.62. The second-order valence-electron chi connectivity index (χ2n) is 5.09. The predicted octanol–water partition coefficient (Wildman–Crippen LogP) is 2.82. The van der Waals surface area contributed by atoms with Gasteiger partial charge in [0.25, 0.3) is 0 Å². The molecule has 1 rings (SSSR count). The van der Waals surface area contributed by atoms with Crippen molar-refractivity contribution >= 4 is 17.7 Å². The fourth-order valence-corrected chi connectivity index (χ4v) is 2.85. The van der Waals surface area contributed by atoms with Gasteiger partial charge in [0.05, 0.1) is 5.25 Å². The Morgan fingerprint density at radius 2 is 1.93 bits per heavy atom. The fraction of sp³-hybridized carbons (Fsp3) is 0.917. The molecule has 0 heterocycles. The van der Waals surface area contributed by atoms with Gasteiger partial charge in [-0.05, 0) is 30.4 Å². The zero-order chi connectivity index (χ0) is 11.4. The van der Waals surface area contributed by atoms with E-state index >= 15 is 0 Å². The van der Waals surface area contributed by atoms with Gasteiger partial charge in [0.2, 0.25) is 5.91 Å². The minimum absolute atomic E-state index is 0.144. The largest absolute Gasteiger partial charge is 0.352 e. The normalized spacial score (nSPS) is 18.3. The topological polar surface area (TPSA) is 29.1 Å². The van der Waals surface area contributed by atoms with Crippen LogP contribution in [0.2, 0.25) is 0 Å². The van der Waals surface area contributed by atoms with E-state index in [1.807, 2.05) is 0 Å². The lowest BCUT2D eigenvalue weighted by Gasteiger charge is -2.20. The molecule has 1 aliphatic carbocycles. The van der Waals surface area contributed by atoms with Crippen LogP contribution in [0.25, 0.3) is 0 Å². The summed E-state index contributed by atoms with van der Waals surface area (Å²) in [6, 6.07) is 0.486. The molecule has 0 radical (unpaired) electrons. The summed E-state index contributed by atoms with van der Waals surface area (Å²) >= 11 is 1.79. The number of rotatable bonds is 6. The van der Waals surface area contributed by atoms with Crippen LogP contribution in [0.1, 0.15) is 47.0 Å². The van der Waals surface area contributed by atoms with Crippen molar-refractivity contribution in [2.75, 3.05) is 0 Å². The highest BCUT2D eigenvalue weighted by Crippen LogP contribution is 2.26. The third kappa shape index (κ3) is 5.45. The summed E-state index contributed by atoms with van der Waals surface area (Å²) in [5, 5.41) is 3.78. The number of carbonyl (C=O) groups is 1. The molecule has 0 bridgehead atoms. The molecule has 3 heteroatoms. The molecule has 15 heavy (non-hydrogen) atoms. The highest BCUT2D eigenvalue weighted by Gasteiger charge is 2.28. The van der Waals surface area contributed by atoms with E-state index < -0.39 is 0 Å². The summed E-state index contributed by atoms with van der Waals surface area (Å²) in [4.78, 5) is 11.9. The average Bonchev–Trinajstić information content (AvgIpc) is 2.85. The van der Waals surface area contributed by atoms with Crippen molar-refractivity contribution in [1.29, 1.82) is 0 Å². The van der Waals surface area contributed by atoms with Crippen molar-refractivity contribution in [1.82, 2.24) is 5.32 Å². The van der Waals surface area contributed by atoms with Gasteiger partial charge >= 0.3 is 0 Å². The Morgan fingerprint density at radius 1 is 1.33 bits per heavy atom. The molecule has 0 aromatic heterocycles. The Bertz CT molecular complexity index is 202. The maximum atomic E-state index is 11.9. The van der Waals surface area contributed by atoms with Crippen molar-refractivity contribution in [3.05, 3.63) is 0 Å². The number of hydrogen-bond acceptors (Lipinski definition) is 2. The van der Waals surface area contributed by atoms with Gasteiger partial charge < -0.3 is 5.32 Å². The monoisotopic (exact) mass is 229 g/mol. The van der Waals surface area contributed by atoms with Crippen LogP contribution in [0.4, 0.5) is 0 Å². The van der Waals surface area contributed by atoms with E-state index in [-0.39, 0.29) is 11.2 Å². The second kappa shape index (κ2) is 5.78. The number of nitrogens with one attached hydrogen (secondary N) is 1. The summed E-state index contributed by atoms with van der Waals surface area (Å²) in [6.45, 7) is 8.67. The van der Waals surface area contributed by atoms with Crippen LogP contribution in [0.5, 0.6) is 0 Å². The molecular weight excluding hydrogens is 206 g/mol. The van der Waals surface area contributed by atoms with Crippen molar-refractivity contribution in [3.63, 3.8) is 0 Å². The van der Waals surface area contributed by atoms with Gasteiger partial charge in [-0.15, -0.1) is 11.8 Å². The third-order valence-electron chi connectivity index (χ3n) is 2.34. The van der Waals surface area contributed by atoms with Gasteiger partial charge in [-0.3, -0.25) is 4.79 Å². The lowest BCUT2D eigenvalue weighted by atomic mass is 10.1. The van der Waals surface area contributed by atoms with Crippen molar-refractivity contribution in [3.8, 4) is 0 Å². The molecule has 1 saturated carbocycles. The summed E-state index contributed by atoms with van der Waals surface area (Å²) in [6.07, 6.45) is 3.33. The molecule has 1 fully saturated rings. The fourth-order valence-electron chi connectivity index (χ4n) is 1.50. The number of amides is 1. The molecule has 1 N–H and O–H groups in total. The molecule has 1 aliphatic rings. The molecule has 0 aromatic rings. The number of hydrogen-bond donors (Lipinski definition) is 1. The summed E-state index contributed by atoms with van der Waals surface area (Å²) in [5.41, 5.74) is 0. The maximum Gasteiger partial charge on any atom is 0.233 e. The van der Waals surface area contributed by atoms with E-state index in [9.17, 15) is 4.79 Å². The first-order valence-corrected chi connectivity index (χ1v) is 6.89. The minimum atomic E-state index is 0.144. The van der Waals surface area contributed by atoms with Crippen LogP contribution in [0, 0.1) is 5.92 Å². The summed E-state index contributed by atoms with van der Waals surface area (Å²) < 4.78 is 0. The Hall–Kier alpha value is -0.180. The molecule has 1 unspecified atom stereocenters. The quantitative estimate of drug-likeness (QED) is 0.759. The van der Waals surface area contributed by atoms with Crippen LogP contribution < -0.4 is 5.32 Å². The average molecular weight is 229 g/mol. The predicted molar refractivity (Wildman–Crippen MR) is 67.1 cm³/mol. The highest BCUT2D eigenvalue weighted by atomic mass is 32.2. The molecule has 2 nitrogen and oxygen atoms in total. The van der Waals surface area contributed by atoms with Gasteiger partial charge in [0.15, 0.2) is 0 Å². The molecule has 88 valence electrons. The Labute approximate surface area is 97.6 Å². The van der Waals surface area contributed by atoms with Gasteiger partial charge in [-0.25, -0.2) is 0 Å². The van der Waals surface area contributed by atoms with Crippen LogP contribution in [-0.4, -0.2) is 22.4 Å². The first kappa shape index (κ1) is 12.9. The Morgan fingerprint density at radius 3 is 2.33 bits per heavy atom. The molecule has 0 saturated heterocycles. The number of thioether (sulfide) groups is 1. The SMILES string of the molecule is CC(C)CC(SC(C)C)C(=O)NC1CC1. The second-order valence-corrected chi connectivity index (χ2v) is 6.87. The van der Waals surface area contributed by atoms with Crippen LogP contribution in [-0.2, 0) is 4.79 Å². The van der Waals surface area contributed by atoms with Crippen LogP contribution in [0.3, 0.4) is 0 Å². The van der Waals surface area contributed by atoms with Crippen molar-refractivity contribution in [2.45, 2.75) is 63.5 Å². The number of carbonyl (C=O) groups excluding carboxylic acids is 1. The molecule has 1 atom stereocenters. The Kier molecular flexibility index (Phi) is 4.97.